The first kappa shape index (κ1) is 22.2. The van der Waals surface area contributed by atoms with Crippen LogP contribution in [-0.2, 0) is 0 Å². The number of nitrogens with zero attached hydrogens (tertiary/aromatic N) is 3. The lowest BCUT2D eigenvalue weighted by molar-refractivity contribution is 0.102. The number of nitrogens with one attached hydrogen (secondary N) is 2. The molecule has 1 fully saturated rings. The van der Waals surface area contributed by atoms with E-state index in [1.165, 1.54) is 11.3 Å². The number of rotatable bonds is 4. The summed E-state index contributed by atoms with van der Waals surface area (Å²) in [4.78, 5) is 27.2. The maximum absolute atomic E-state index is 12.8. The first-order chi connectivity index (χ1) is 15.4. The summed E-state index contributed by atoms with van der Waals surface area (Å²) in [5.74, 6) is -0.225. The fraction of sp³-hybridized carbons (Fsp3) is 0.304. The van der Waals surface area contributed by atoms with Crippen LogP contribution in [0.2, 0.25) is 5.02 Å². The fourth-order valence-electron chi connectivity index (χ4n) is 3.67. The number of aromatic nitrogens is 2. The van der Waals surface area contributed by atoms with Crippen LogP contribution >= 0.6 is 22.9 Å². The van der Waals surface area contributed by atoms with Crippen molar-refractivity contribution in [3.8, 4) is 0 Å². The number of piperidine rings is 1. The van der Waals surface area contributed by atoms with Gasteiger partial charge in [0.25, 0.3) is 5.91 Å². The van der Waals surface area contributed by atoms with E-state index in [2.05, 4.69) is 20.8 Å². The summed E-state index contributed by atoms with van der Waals surface area (Å²) >= 11 is 7.35. The van der Waals surface area contributed by atoms with E-state index in [9.17, 15) is 9.59 Å². The molecule has 2 heterocycles. The summed E-state index contributed by atoms with van der Waals surface area (Å²) in [5, 5.41) is 15.9. The number of aryl methyl sites for hydroxylation is 2. The predicted octanol–water partition coefficient (Wildman–Crippen LogP) is 5.47. The minimum atomic E-state index is -0.273. The third kappa shape index (κ3) is 5.08. The van der Waals surface area contributed by atoms with Crippen LogP contribution in [-0.4, -0.2) is 40.1 Å². The van der Waals surface area contributed by atoms with Gasteiger partial charge in [-0.3, -0.25) is 4.79 Å². The number of hydrogen-bond acceptors (Lipinski definition) is 5. The highest BCUT2D eigenvalue weighted by atomic mass is 35.5. The molecule has 1 atom stereocenters. The van der Waals surface area contributed by atoms with Gasteiger partial charge in [0.15, 0.2) is 0 Å². The number of hydrogen-bond donors (Lipinski definition) is 2. The molecule has 0 aliphatic carbocycles. The molecule has 1 saturated heterocycles. The van der Waals surface area contributed by atoms with Crippen molar-refractivity contribution in [3.05, 3.63) is 68.6 Å². The summed E-state index contributed by atoms with van der Waals surface area (Å²) in [7, 11) is 0. The average Bonchev–Trinajstić information content (AvgIpc) is 3.28. The molecule has 3 amide bonds. The van der Waals surface area contributed by atoms with Gasteiger partial charge in [-0.1, -0.05) is 47.2 Å². The molecule has 166 valence electrons. The summed E-state index contributed by atoms with van der Waals surface area (Å²) in [6.45, 7) is 5.06. The Morgan fingerprint density at radius 3 is 2.66 bits per heavy atom. The second kappa shape index (κ2) is 9.67. The number of carbonyl (C=O) groups is 2. The van der Waals surface area contributed by atoms with E-state index >= 15 is 0 Å². The Balaban J connectivity index is 1.41. The Labute approximate surface area is 195 Å². The maximum Gasteiger partial charge on any atom is 0.321 e. The minimum absolute atomic E-state index is 0.0486. The Hall–Kier alpha value is -2.97. The zero-order chi connectivity index (χ0) is 22.7. The largest absolute Gasteiger partial charge is 0.324 e. The van der Waals surface area contributed by atoms with Gasteiger partial charge in [0.2, 0.25) is 5.01 Å². The van der Waals surface area contributed by atoms with Crippen molar-refractivity contribution in [3.63, 3.8) is 0 Å². The third-order valence-corrected chi connectivity index (χ3v) is 6.85. The fourth-order valence-corrected chi connectivity index (χ4v) is 4.70. The number of anilines is 2. The molecule has 9 heteroatoms. The molecule has 2 N–H and O–H groups in total. The molecule has 2 aromatic carbocycles. The molecular formula is C23H24ClN5O2S. The molecule has 1 aliphatic heterocycles. The van der Waals surface area contributed by atoms with E-state index in [1.54, 1.807) is 17.0 Å². The average molecular weight is 470 g/mol. The molecule has 1 aromatic heterocycles. The van der Waals surface area contributed by atoms with Crippen LogP contribution in [0.3, 0.4) is 0 Å². The second-order valence-electron chi connectivity index (χ2n) is 7.89. The lowest BCUT2D eigenvalue weighted by Gasteiger charge is -2.31. The van der Waals surface area contributed by atoms with Crippen molar-refractivity contribution in [2.75, 3.05) is 23.7 Å². The minimum Gasteiger partial charge on any atom is -0.324 e. The van der Waals surface area contributed by atoms with E-state index in [0.29, 0.717) is 28.8 Å². The monoisotopic (exact) mass is 469 g/mol. The Morgan fingerprint density at radius 2 is 1.84 bits per heavy atom. The predicted molar refractivity (Wildman–Crippen MR) is 128 cm³/mol. The number of urea groups is 1. The van der Waals surface area contributed by atoms with Gasteiger partial charge in [0, 0.05) is 35.4 Å². The van der Waals surface area contributed by atoms with E-state index in [-0.39, 0.29) is 17.9 Å². The van der Waals surface area contributed by atoms with Crippen molar-refractivity contribution in [2.24, 2.45) is 0 Å². The van der Waals surface area contributed by atoms with Crippen molar-refractivity contribution < 1.29 is 9.59 Å². The zero-order valence-corrected chi connectivity index (χ0v) is 19.5. The van der Waals surface area contributed by atoms with Gasteiger partial charge in [0.05, 0.1) is 0 Å². The van der Waals surface area contributed by atoms with E-state index in [1.807, 2.05) is 44.2 Å². The lowest BCUT2D eigenvalue weighted by Crippen LogP contribution is -2.41. The quantitative estimate of drug-likeness (QED) is 0.530. The van der Waals surface area contributed by atoms with Crippen LogP contribution in [0.15, 0.2) is 42.5 Å². The standard InChI is InChI=1S/C23H24ClN5O2S/c1-14-6-3-4-8-18(14)25-20(30)22-28-27-21(32-22)16-7-5-11-29(13-16)23(31)26-19-12-17(24)10-9-15(19)2/h3-4,6,8-10,12,16H,5,7,11,13H2,1-2H3,(H,25,30)(H,26,31)/t16-/m0/s1. The highest BCUT2D eigenvalue weighted by molar-refractivity contribution is 7.13. The van der Waals surface area contributed by atoms with Gasteiger partial charge in [-0.2, -0.15) is 0 Å². The summed E-state index contributed by atoms with van der Waals surface area (Å²) in [6.07, 6.45) is 1.75. The third-order valence-electron chi connectivity index (χ3n) is 5.53. The summed E-state index contributed by atoms with van der Waals surface area (Å²) < 4.78 is 0. The van der Waals surface area contributed by atoms with E-state index in [4.69, 9.17) is 11.6 Å². The van der Waals surface area contributed by atoms with Crippen LogP contribution in [0.5, 0.6) is 0 Å². The van der Waals surface area contributed by atoms with Crippen LogP contribution < -0.4 is 10.6 Å². The van der Waals surface area contributed by atoms with Gasteiger partial charge in [0.1, 0.15) is 5.01 Å². The zero-order valence-electron chi connectivity index (χ0n) is 17.9. The van der Waals surface area contributed by atoms with Gasteiger partial charge in [-0.05, 0) is 56.0 Å². The van der Waals surface area contributed by atoms with Crippen molar-refractivity contribution in [1.82, 2.24) is 15.1 Å². The molecule has 0 unspecified atom stereocenters. The van der Waals surface area contributed by atoms with Crippen molar-refractivity contribution in [2.45, 2.75) is 32.6 Å². The summed E-state index contributed by atoms with van der Waals surface area (Å²) in [5.41, 5.74) is 3.39. The molecule has 4 rings (SSSR count). The Morgan fingerprint density at radius 1 is 1.06 bits per heavy atom. The maximum atomic E-state index is 12.8. The highest BCUT2D eigenvalue weighted by Gasteiger charge is 2.28. The Bertz CT molecular complexity index is 1150. The number of halogens is 1. The second-order valence-corrected chi connectivity index (χ2v) is 9.33. The van der Waals surface area contributed by atoms with Gasteiger partial charge in [-0.15, -0.1) is 10.2 Å². The molecule has 3 aromatic rings. The molecule has 0 spiro atoms. The first-order valence-corrected chi connectivity index (χ1v) is 11.6. The van der Waals surface area contributed by atoms with Crippen molar-refractivity contribution >= 4 is 46.3 Å². The summed E-state index contributed by atoms with van der Waals surface area (Å²) in [6, 6.07) is 12.9. The van der Waals surface area contributed by atoms with E-state index < -0.39 is 0 Å². The number of likely N-dealkylation sites (tertiary alicyclic amines) is 1. The number of benzene rings is 2. The van der Waals surface area contributed by atoms with Crippen LogP contribution in [0, 0.1) is 13.8 Å². The molecule has 7 nitrogen and oxygen atoms in total. The lowest BCUT2D eigenvalue weighted by atomic mass is 9.99. The smallest absolute Gasteiger partial charge is 0.321 e. The number of carbonyl (C=O) groups excluding carboxylic acids is 2. The number of para-hydroxylation sites is 1. The first-order valence-electron chi connectivity index (χ1n) is 10.4. The molecule has 1 aliphatic rings. The van der Waals surface area contributed by atoms with Crippen LogP contribution in [0.1, 0.15) is 44.7 Å². The topological polar surface area (TPSA) is 87.2 Å². The van der Waals surface area contributed by atoms with E-state index in [0.717, 1.165) is 34.7 Å². The molecule has 0 saturated carbocycles. The van der Waals surface area contributed by atoms with Gasteiger partial charge in [-0.25, -0.2) is 4.79 Å². The van der Waals surface area contributed by atoms with Crippen LogP contribution in [0.25, 0.3) is 0 Å². The molecular weight excluding hydrogens is 446 g/mol. The molecule has 0 bridgehead atoms. The molecule has 0 radical (unpaired) electrons. The highest BCUT2D eigenvalue weighted by Crippen LogP contribution is 2.30. The molecule has 32 heavy (non-hydrogen) atoms. The van der Waals surface area contributed by atoms with Gasteiger partial charge < -0.3 is 15.5 Å². The Kier molecular flexibility index (Phi) is 6.72. The number of amides is 3. The van der Waals surface area contributed by atoms with Crippen LogP contribution in [0.4, 0.5) is 16.2 Å². The van der Waals surface area contributed by atoms with Gasteiger partial charge >= 0.3 is 6.03 Å². The SMILES string of the molecule is Cc1ccccc1NC(=O)c1nnc([C@H]2CCCN(C(=O)Nc3cc(Cl)ccc3C)C2)s1. The van der Waals surface area contributed by atoms with Crippen molar-refractivity contribution in [1.29, 1.82) is 0 Å². The normalized spacial score (nSPS) is 16.0.